The van der Waals surface area contributed by atoms with Gasteiger partial charge in [0.1, 0.15) is 11.5 Å². The van der Waals surface area contributed by atoms with E-state index < -0.39 is 0 Å². The molecule has 1 heteroatoms. The highest BCUT2D eigenvalue weighted by Crippen LogP contribution is 2.23. The van der Waals surface area contributed by atoms with Gasteiger partial charge in [-0.05, 0) is 13.8 Å². The number of benzene rings is 2. The normalized spacial score (nSPS) is 10.0. The monoisotopic (exact) mass is 250 g/mol. The molecule has 96 valence electrons. The molecule has 0 unspecified atom stereocenters. The van der Waals surface area contributed by atoms with Crippen molar-refractivity contribution in [1.29, 1.82) is 0 Å². The van der Waals surface area contributed by atoms with E-state index in [0.717, 1.165) is 11.1 Å². The molecule has 0 N–H and O–H groups in total. The first-order chi connectivity index (χ1) is 9.06. The zero-order valence-corrected chi connectivity index (χ0v) is 11.4. The van der Waals surface area contributed by atoms with Gasteiger partial charge in [-0.15, -0.1) is 0 Å². The lowest BCUT2D eigenvalue weighted by Gasteiger charge is -2.12. The largest absolute Gasteiger partial charge is 0.457 e. The summed E-state index contributed by atoms with van der Waals surface area (Å²) in [5.41, 5.74) is 4.38. The van der Waals surface area contributed by atoms with E-state index in [0.29, 0.717) is 11.5 Å². The average Bonchev–Trinajstić information content (AvgIpc) is 2.40. The van der Waals surface area contributed by atoms with Gasteiger partial charge in [-0.1, -0.05) is 72.8 Å². The number of hydrogen-bond acceptors (Lipinski definition) is 1. The summed E-state index contributed by atoms with van der Waals surface area (Å²) in [6.07, 6.45) is 0. The zero-order chi connectivity index (χ0) is 13.8. The van der Waals surface area contributed by atoms with Crippen molar-refractivity contribution in [2.75, 3.05) is 0 Å². The molecule has 2 aromatic carbocycles. The minimum atomic E-state index is 0.616. The minimum Gasteiger partial charge on any atom is -0.457 e. The molecule has 0 aliphatic carbocycles. The lowest BCUT2D eigenvalue weighted by Crippen LogP contribution is -1.91. The fourth-order valence-electron chi connectivity index (χ4n) is 1.75. The van der Waals surface area contributed by atoms with Gasteiger partial charge < -0.3 is 4.74 Å². The maximum Gasteiger partial charge on any atom is 0.127 e. The second-order valence-electron chi connectivity index (χ2n) is 4.68. The minimum absolute atomic E-state index is 0.616. The highest BCUT2D eigenvalue weighted by atomic mass is 16.5. The Morgan fingerprint density at radius 1 is 0.684 bits per heavy atom. The van der Waals surface area contributed by atoms with Crippen molar-refractivity contribution in [2.24, 2.45) is 0 Å². The molecule has 0 spiro atoms. The first-order valence-electron chi connectivity index (χ1n) is 6.26. The van der Waals surface area contributed by atoms with Gasteiger partial charge in [0.15, 0.2) is 0 Å². The van der Waals surface area contributed by atoms with E-state index in [-0.39, 0.29) is 0 Å². The summed E-state index contributed by atoms with van der Waals surface area (Å²) in [5.74, 6) is 1.23. The molecule has 2 rings (SSSR count). The lowest BCUT2D eigenvalue weighted by atomic mass is 10.1. The lowest BCUT2D eigenvalue weighted by molar-refractivity contribution is 0.474. The van der Waals surface area contributed by atoms with Crippen LogP contribution in [0, 0.1) is 13.8 Å². The molecule has 0 bridgehead atoms. The predicted molar refractivity (Wildman–Crippen MR) is 81.5 cm³/mol. The maximum absolute atomic E-state index is 5.71. The Bertz CT molecular complexity index is 533. The summed E-state index contributed by atoms with van der Waals surface area (Å²) < 4.78 is 5.71. The van der Waals surface area contributed by atoms with Crippen molar-refractivity contribution >= 4 is 11.5 Å². The van der Waals surface area contributed by atoms with Crippen molar-refractivity contribution in [3.63, 3.8) is 0 Å². The zero-order valence-electron chi connectivity index (χ0n) is 11.4. The molecule has 0 radical (unpaired) electrons. The fourth-order valence-corrected chi connectivity index (χ4v) is 1.75. The van der Waals surface area contributed by atoms with Gasteiger partial charge in [-0.25, -0.2) is 0 Å². The van der Waals surface area contributed by atoms with Crippen LogP contribution in [-0.2, 0) is 4.74 Å². The highest BCUT2D eigenvalue weighted by molar-refractivity contribution is 5.67. The second-order valence-corrected chi connectivity index (χ2v) is 4.68. The van der Waals surface area contributed by atoms with Crippen LogP contribution < -0.4 is 0 Å². The van der Waals surface area contributed by atoms with E-state index in [4.69, 9.17) is 4.74 Å². The topological polar surface area (TPSA) is 9.23 Å². The molecule has 2 aromatic rings. The van der Waals surface area contributed by atoms with Crippen LogP contribution in [0.15, 0.2) is 61.7 Å². The van der Waals surface area contributed by atoms with Crippen molar-refractivity contribution < 1.29 is 4.74 Å². The van der Waals surface area contributed by atoms with Crippen molar-refractivity contribution in [2.45, 2.75) is 13.8 Å². The smallest absolute Gasteiger partial charge is 0.127 e. The highest BCUT2D eigenvalue weighted by Gasteiger charge is 2.04. The van der Waals surface area contributed by atoms with Crippen LogP contribution in [0.4, 0.5) is 0 Å². The summed E-state index contributed by atoms with van der Waals surface area (Å²) >= 11 is 0. The van der Waals surface area contributed by atoms with E-state index in [1.807, 2.05) is 48.5 Å². The van der Waals surface area contributed by atoms with Crippen LogP contribution in [0.2, 0.25) is 0 Å². The average molecular weight is 250 g/mol. The Hall–Kier alpha value is -2.28. The second kappa shape index (κ2) is 5.57. The first-order valence-corrected chi connectivity index (χ1v) is 6.26. The summed E-state index contributed by atoms with van der Waals surface area (Å²) in [6, 6.07) is 16.2. The van der Waals surface area contributed by atoms with Gasteiger partial charge in [0, 0.05) is 11.1 Å². The van der Waals surface area contributed by atoms with Gasteiger partial charge in [0.05, 0.1) is 0 Å². The Labute approximate surface area is 114 Å². The number of aryl methyl sites for hydroxylation is 2. The summed E-state index contributed by atoms with van der Waals surface area (Å²) in [4.78, 5) is 0. The van der Waals surface area contributed by atoms with E-state index in [9.17, 15) is 0 Å². The van der Waals surface area contributed by atoms with Gasteiger partial charge >= 0.3 is 0 Å². The molecule has 0 amide bonds. The SMILES string of the molecule is C=C(OC(=C)c1ccc(C)cc1)c1ccc(C)cc1. The Balaban J connectivity index is 2.08. The van der Waals surface area contributed by atoms with Crippen LogP contribution in [-0.4, -0.2) is 0 Å². The van der Waals surface area contributed by atoms with Crippen LogP contribution in [0.5, 0.6) is 0 Å². The standard InChI is InChI=1S/C18H18O/c1-13-5-9-17(10-6-13)15(3)19-16(4)18-11-7-14(2)8-12-18/h5-12H,3-4H2,1-2H3. The molecule has 0 saturated heterocycles. The Morgan fingerprint density at radius 3 is 1.32 bits per heavy atom. The Kier molecular flexibility index (Phi) is 3.86. The summed E-state index contributed by atoms with van der Waals surface area (Å²) in [7, 11) is 0. The van der Waals surface area contributed by atoms with Gasteiger partial charge in [0.25, 0.3) is 0 Å². The Morgan fingerprint density at radius 2 is 1.00 bits per heavy atom. The van der Waals surface area contributed by atoms with Crippen LogP contribution in [0.25, 0.3) is 11.5 Å². The predicted octanol–water partition coefficient (Wildman–Crippen LogP) is 4.96. The molecule has 0 aliphatic heterocycles. The number of ether oxygens (including phenoxy) is 1. The maximum atomic E-state index is 5.71. The molecule has 19 heavy (non-hydrogen) atoms. The third-order valence-electron chi connectivity index (χ3n) is 2.99. The summed E-state index contributed by atoms with van der Waals surface area (Å²) in [5, 5.41) is 0. The molecule has 0 atom stereocenters. The summed E-state index contributed by atoms with van der Waals surface area (Å²) in [6.45, 7) is 12.0. The number of rotatable bonds is 4. The molecular weight excluding hydrogens is 232 g/mol. The molecule has 0 saturated carbocycles. The third-order valence-corrected chi connectivity index (χ3v) is 2.99. The van der Waals surface area contributed by atoms with Crippen LogP contribution >= 0.6 is 0 Å². The van der Waals surface area contributed by atoms with Gasteiger partial charge in [-0.3, -0.25) is 0 Å². The molecule has 0 fully saturated rings. The van der Waals surface area contributed by atoms with Crippen molar-refractivity contribution in [3.05, 3.63) is 83.9 Å². The molecule has 0 aromatic heterocycles. The number of hydrogen-bond donors (Lipinski definition) is 0. The van der Waals surface area contributed by atoms with Crippen LogP contribution in [0.3, 0.4) is 0 Å². The van der Waals surface area contributed by atoms with E-state index in [1.165, 1.54) is 11.1 Å². The first kappa shape index (κ1) is 13.2. The third kappa shape index (κ3) is 3.35. The van der Waals surface area contributed by atoms with Gasteiger partial charge in [0.2, 0.25) is 0 Å². The van der Waals surface area contributed by atoms with Crippen molar-refractivity contribution in [3.8, 4) is 0 Å². The quantitative estimate of drug-likeness (QED) is 0.697. The van der Waals surface area contributed by atoms with E-state index in [2.05, 4.69) is 27.0 Å². The molecule has 0 heterocycles. The van der Waals surface area contributed by atoms with Gasteiger partial charge in [-0.2, -0.15) is 0 Å². The molecule has 0 aliphatic rings. The molecule has 1 nitrogen and oxygen atoms in total. The van der Waals surface area contributed by atoms with E-state index in [1.54, 1.807) is 0 Å². The van der Waals surface area contributed by atoms with Crippen LogP contribution in [0.1, 0.15) is 22.3 Å². The van der Waals surface area contributed by atoms with Crippen molar-refractivity contribution in [1.82, 2.24) is 0 Å². The molecular formula is C18H18O. The van der Waals surface area contributed by atoms with E-state index >= 15 is 0 Å². The fraction of sp³-hybridized carbons (Fsp3) is 0.111.